The normalized spacial score (nSPS) is 11.6. The Morgan fingerprint density at radius 1 is 1.26 bits per heavy atom. The molecule has 0 bridgehead atoms. The number of nitrogens with one attached hydrogen (secondary N) is 1. The van der Waals surface area contributed by atoms with Crippen LogP contribution in [-0.4, -0.2) is 38.3 Å². The van der Waals surface area contributed by atoms with Gasteiger partial charge < -0.3 is 5.32 Å². The van der Waals surface area contributed by atoms with Crippen LogP contribution in [-0.2, 0) is 14.8 Å². The van der Waals surface area contributed by atoms with Crippen molar-refractivity contribution in [1.29, 1.82) is 0 Å². The van der Waals surface area contributed by atoms with Crippen molar-refractivity contribution in [2.45, 2.75) is 18.7 Å². The lowest BCUT2D eigenvalue weighted by Gasteiger charge is -2.19. The predicted molar refractivity (Wildman–Crippen MR) is 69.5 cm³/mol. The van der Waals surface area contributed by atoms with Gasteiger partial charge in [-0.1, -0.05) is 6.92 Å². The van der Waals surface area contributed by atoms with Crippen LogP contribution >= 0.6 is 0 Å². The van der Waals surface area contributed by atoms with Crippen molar-refractivity contribution < 1.29 is 17.6 Å². The molecule has 7 heteroatoms. The van der Waals surface area contributed by atoms with E-state index in [0.717, 1.165) is 16.4 Å². The van der Waals surface area contributed by atoms with Gasteiger partial charge >= 0.3 is 0 Å². The van der Waals surface area contributed by atoms with Gasteiger partial charge in [-0.25, -0.2) is 12.8 Å². The van der Waals surface area contributed by atoms with Crippen molar-refractivity contribution in [3.8, 4) is 0 Å². The van der Waals surface area contributed by atoms with Crippen molar-refractivity contribution in [2.24, 2.45) is 0 Å². The molecule has 0 spiro atoms. The fraction of sp³-hybridized carbons (Fsp3) is 0.417. The third-order valence-electron chi connectivity index (χ3n) is 2.50. The molecule has 1 rings (SSSR count). The van der Waals surface area contributed by atoms with E-state index in [2.05, 4.69) is 5.32 Å². The highest BCUT2D eigenvalue weighted by Gasteiger charge is 2.24. The summed E-state index contributed by atoms with van der Waals surface area (Å²) in [6.45, 7) is 3.75. The summed E-state index contributed by atoms with van der Waals surface area (Å²) in [6, 6.07) is 4.52. The Balaban J connectivity index is 2.95. The minimum atomic E-state index is -3.78. The maximum absolute atomic E-state index is 12.8. The van der Waals surface area contributed by atoms with E-state index in [1.165, 1.54) is 12.1 Å². The molecule has 1 N–H and O–H groups in total. The molecule has 0 saturated heterocycles. The number of hydrogen-bond acceptors (Lipinski definition) is 3. The summed E-state index contributed by atoms with van der Waals surface area (Å²) >= 11 is 0. The van der Waals surface area contributed by atoms with E-state index in [-0.39, 0.29) is 23.9 Å². The molecule has 0 atom stereocenters. The van der Waals surface area contributed by atoms with E-state index in [1.54, 1.807) is 13.8 Å². The van der Waals surface area contributed by atoms with Crippen LogP contribution in [0, 0.1) is 5.82 Å². The van der Waals surface area contributed by atoms with E-state index in [9.17, 15) is 17.6 Å². The van der Waals surface area contributed by atoms with Gasteiger partial charge in [-0.3, -0.25) is 4.79 Å². The van der Waals surface area contributed by atoms with Gasteiger partial charge in [0.2, 0.25) is 15.9 Å². The molecule has 5 nitrogen and oxygen atoms in total. The second-order valence-corrected chi connectivity index (χ2v) is 5.78. The van der Waals surface area contributed by atoms with E-state index >= 15 is 0 Å². The Kier molecular flexibility index (Phi) is 5.44. The molecule has 0 saturated carbocycles. The lowest BCUT2D eigenvalue weighted by molar-refractivity contribution is -0.121. The largest absolute Gasteiger partial charge is 0.355 e. The first-order valence-corrected chi connectivity index (χ1v) is 7.38. The molecule has 0 aliphatic carbocycles. The summed E-state index contributed by atoms with van der Waals surface area (Å²) in [7, 11) is -3.78. The van der Waals surface area contributed by atoms with Gasteiger partial charge in [-0.15, -0.1) is 0 Å². The highest BCUT2D eigenvalue weighted by molar-refractivity contribution is 7.89. The molecule has 0 aliphatic heterocycles. The molecule has 19 heavy (non-hydrogen) atoms. The molecule has 0 aromatic heterocycles. The molecular formula is C12H17FN2O3S. The van der Waals surface area contributed by atoms with Crippen LogP contribution in [0.5, 0.6) is 0 Å². The lowest BCUT2D eigenvalue weighted by Crippen LogP contribution is -2.40. The van der Waals surface area contributed by atoms with Gasteiger partial charge in [-0.2, -0.15) is 4.31 Å². The summed E-state index contributed by atoms with van der Waals surface area (Å²) in [5, 5.41) is 2.54. The number of halogens is 1. The molecule has 1 aromatic carbocycles. The quantitative estimate of drug-likeness (QED) is 0.848. The second-order valence-electron chi connectivity index (χ2n) is 3.84. The van der Waals surface area contributed by atoms with E-state index in [4.69, 9.17) is 0 Å². The van der Waals surface area contributed by atoms with E-state index in [1.807, 2.05) is 0 Å². The Bertz CT molecular complexity index is 528. The number of nitrogens with zero attached hydrogens (tertiary/aromatic N) is 1. The van der Waals surface area contributed by atoms with Crippen LogP contribution < -0.4 is 5.32 Å². The lowest BCUT2D eigenvalue weighted by atomic mass is 10.4. The first-order valence-electron chi connectivity index (χ1n) is 5.94. The zero-order valence-corrected chi connectivity index (χ0v) is 11.7. The fourth-order valence-corrected chi connectivity index (χ4v) is 2.94. The van der Waals surface area contributed by atoms with Crippen molar-refractivity contribution in [3.05, 3.63) is 30.1 Å². The average molecular weight is 288 g/mol. The Morgan fingerprint density at radius 3 is 2.32 bits per heavy atom. The highest BCUT2D eigenvalue weighted by atomic mass is 32.2. The van der Waals surface area contributed by atoms with Gasteiger partial charge in [0.15, 0.2) is 0 Å². The summed E-state index contributed by atoms with van der Waals surface area (Å²) in [5.74, 6) is -0.874. The number of sulfonamides is 1. The fourth-order valence-electron chi connectivity index (χ4n) is 1.54. The molecule has 0 radical (unpaired) electrons. The van der Waals surface area contributed by atoms with Crippen molar-refractivity contribution in [3.63, 3.8) is 0 Å². The minimum absolute atomic E-state index is 0.0277. The zero-order chi connectivity index (χ0) is 14.5. The summed E-state index contributed by atoms with van der Waals surface area (Å²) in [5.41, 5.74) is 0. The number of amides is 1. The Hall–Kier alpha value is -1.47. The number of rotatable bonds is 6. The van der Waals surface area contributed by atoms with Crippen molar-refractivity contribution in [2.75, 3.05) is 19.6 Å². The van der Waals surface area contributed by atoms with Crippen LogP contribution in [0.2, 0.25) is 0 Å². The molecule has 0 heterocycles. The molecule has 106 valence electrons. The van der Waals surface area contributed by atoms with Crippen LogP contribution in [0.1, 0.15) is 13.8 Å². The van der Waals surface area contributed by atoms with Gasteiger partial charge in [-0.05, 0) is 31.2 Å². The molecule has 0 aliphatic rings. The summed E-state index contributed by atoms with van der Waals surface area (Å²) < 4.78 is 38.3. The first-order chi connectivity index (χ1) is 8.91. The number of hydrogen-bond donors (Lipinski definition) is 1. The second kappa shape index (κ2) is 6.63. The van der Waals surface area contributed by atoms with E-state index < -0.39 is 15.8 Å². The van der Waals surface area contributed by atoms with Crippen LogP contribution in [0.25, 0.3) is 0 Å². The maximum Gasteiger partial charge on any atom is 0.243 e. The summed E-state index contributed by atoms with van der Waals surface area (Å²) in [4.78, 5) is 11.4. The molecule has 1 amide bonds. The Labute approximate surface area is 112 Å². The van der Waals surface area contributed by atoms with Crippen molar-refractivity contribution >= 4 is 15.9 Å². The zero-order valence-electron chi connectivity index (χ0n) is 10.9. The number of carbonyl (C=O) groups is 1. The van der Waals surface area contributed by atoms with Gasteiger partial charge in [0.05, 0.1) is 11.4 Å². The van der Waals surface area contributed by atoms with E-state index in [0.29, 0.717) is 6.54 Å². The maximum atomic E-state index is 12.8. The Morgan fingerprint density at radius 2 is 1.84 bits per heavy atom. The molecule has 0 unspecified atom stereocenters. The van der Waals surface area contributed by atoms with Gasteiger partial charge in [0, 0.05) is 13.1 Å². The highest BCUT2D eigenvalue weighted by Crippen LogP contribution is 2.15. The smallest absolute Gasteiger partial charge is 0.243 e. The topological polar surface area (TPSA) is 66.5 Å². The molecule has 0 fully saturated rings. The minimum Gasteiger partial charge on any atom is -0.355 e. The van der Waals surface area contributed by atoms with Crippen LogP contribution in [0.15, 0.2) is 29.2 Å². The SMILES string of the molecule is CCNC(=O)CN(CC)S(=O)(=O)c1ccc(F)cc1. The van der Waals surface area contributed by atoms with Crippen LogP contribution in [0.3, 0.4) is 0 Å². The number of benzene rings is 1. The van der Waals surface area contributed by atoms with Crippen LogP contribution in [0.4, 0.5) is 4.39 Å². The standard InChI is InChI=1S/C12H17FN2O3S/c1-3-14-12(16)9-15(4-2)19(17,18)11-7-5-10(13)6-8-11/h5-8H,3-4,9H2,1-2H3,(H,14,16). The average Bonchev–Trinajstić information content (AvgIpc) is 2.36. The third kappa shape index (κ3) is 4.00. The molecular weight excluding hydrogens is 271 g/mol. The summed E-state index contributed by atoms with van der Waals surface area (Å²) in [6.07, 6.45) is 0. The van der Waals surface area contributed by atoms with Crippen molar-refractivity contribution in [1.82, 2.24) is 9.62 Å². The number of carbonyl (C=O) groups excluding carboxylic acids is 1. The van der Waals surface area contributed by atoms with Gasteiger partial charge in [0.25, 0.3) is 0 Å². The number of likely N-dealkylation sites (N-methyl/N-ethyl adjacent to an activating group) is 2. The first kappa shape index (κ1) is 15.6. The van der Waals surface area contributed by atoms with Gasteiger partial charge in [0.1, 0.15) is 5.82 Å². The molecule has 1 aromatic rings. The monoisotopic (exact) mass is 288 g/mol. The third-order valence-corrected chi connectivity index (χ3v) is 4.43. The predicted octanol–water partition coefficient (Wildman–Crippen LogP) is 0.972.